The van der Waals surface area contributed by atoms with Crippen LogP contribution in [0.5, 0.6) is 0 Å². The molecule has 2 atom stereocenters. The molecule has 2 nitrogen and oxygen atoms in total. The topological polar surface area (TPSA) is 34.1 Å². The van der Waals surface area contributed by atoms with E-state index in [0.29, 0.717) is 24.5 Å². The van der Waals surface area contributed by atoms with E-state index in [1.807, 2.05) is 0 Å². The number of ketones is 2. The zero-order valence-corrected chi connectivity index (χ0v) is 9.21. The monoisotopic (exact) mass is 196 g/mol. The molecule has 1 aliphatic carbocycles. The van der Waals surface area contributed by atoms with Crippen LogP contribution in [0.2, 0.25) is 0 Å². The van der Waals surface area contributed by atoms with E-state index >= 15 is 0 Å². The van der Waals surface area contributed by atoms with Crippen molar-refractivity contribution in [2.24, 2.45) is 11.8 Å². The van der Waals surface area contributed by atoms with Crippen molar-refractivity contribution in [1.82, 2.24) is 0 Å². The van der Waals surface area contributed by atoms with Crippen LogP contribution in [0.1, 0.15) is 52.4 Å². The summed E-state index contributed by atoms with van der Waals surface area (Å²) in [5, 5.41) is 0. The van der Waals surface area contributed by atoms with Gasteiger partial charge >= 0.3 is 0 Å². The fraction of sp³-hybridized carbons (Fsp3) is 0.833. The second-order valence-corrected chi connectivity index (χ2v) is 4.42. The number of Topliss-reactive ketones (excluding diaryl/α,β-unsaturated/α-hetero) is 2. The summed E-state index contributed by atoms with van der Waals surface area (Å²) in [5.74, 6) is 1.03. The van der Waals surface area contributed by atoms with Crippen LogP contribution >= 0.6 is 0 Å². The van der Waals surface area contributed by atoms with Gasteiger partial charge < -0.3 is 4.79 Å². The lowest BCUT2D eigenvalue weighted by Crippen LogP contribution is -2.17. The summed E-state index contributed by atoms with van der Waals surface area (Å²) >= 11 is 0. The van der Waals surface area contributed by atoms with Crippen LogP contribution < -0.4 is 0 Å². The maximum Gasteiger partial charge on any atom is 0.136 e. The average molecular weight is 196 g/mol. The minimum atomic E-state index is 0.0547. The van der Waals surface area contributed by atoms with Crippen LogP contribution in [0.25, 0.3) is 0 Å². The number of unbranched alkanes of at least 4 members (excludes halogenated alkanes) is 1. The molecule has 1 rings (SSSR count). The lowest BCUT2D eigenvalue weighted by molar-refractivity contribution is -0.126. The first-order chi connectivity index (χ1) is 6.65. The number of hydrogen-bond acceptors (Lipinski definition) is 2. The maximum atomic E-state index is 11.5. The summed E-state index contributed by atoms with van der Waals surface area (Å²) in [6.07, 6.45) is 5.68. The Balaban J connectivity index is 2.48. The molecule has 0 unspecified atom stereocenters. The van der Waals surface area contributed by atoms with Gasteiger partial charge in [0.15, 0.2) is 0 Å². The minimum absolute atomic E-state index is 0.0547. The summed E-state index contributed by atoms with van der Waals surface area (Å²) in [7, 11) is 0. The van der Waals surface area contributed by atoms with Gasteiger partial charge in [-0.25, -0.2) is 0 Å². The van der Waals surface area contributed by atoms with Gasteiger partial charge in [-0.15, -0.1) is 0 Å². The zero-order chi connectivity index (χ0) is 10.6. The molecule has 80 valence electrons. The van der Waals surface area contributed by atoms with Crippen LogP contribution in [-0.2, 0) is 9.59 Å². The fourth-order valence-electron chi connectivity index (χ4n) is 2.38. The van der Waals surface area contributed by atoms with Gasteiger partial charge in [0.1, 0.15) is 11.6 Å². The Morgan fingerprint density at radius 2 is 2.21 bits per heavy atom. The Labute approximate surface area is 86.1 Å². The molecule has 0 amide bonds. The van der Waals surface area contributed by atoms with Crippen molar-refractivity contribution in [3.05, 3.63) is 0 Å². The lowest BCUT2D eigenvalue weighted by Gasteiger charge is -2.16. The lowest BCUT2D eigenvalue weighted by atomic mass is 9.87. The first kappa shape index (κ1) is 11.4. The minimum Gasteiger partial charge on any atom is -0.300 e. The highest BCUT2D eigenvalue weighted by molar-refractivity contribution is 5.88. The van der Waals surface area contributed by atoms with E-state index in [1.165, 1.54) is 12.8 Å². The summed E-state index contributed by atoms with van der Waals surface area (Å²) < 4.78 is 0. The molecule has 1 fully saturated rings. The highest BCUT2D eigenvalue weighted by Gasteiger charge is 2.34. The van der Waals surface area contributed by atoms with Gasteiger partial charge in [0.25, 0.3) is 0 Å². The second-order valence-electron chi connectivity index (χ2n) is 4.42. The third-order valence-electron chi connectivity index (χ3n) is 3.18. The number of hydrogen-bond donors (Lipinski definition) is 0. The molecule has 0 aromatic rings. The largest absolute Gasteiger partial charge is 0.300 e. The van der Waals surface area contributed by atoms with Crippen molar-refractivity contribution < 1.29 is 9.59 Å². The van der Waals surface area contributed by atoms with E-state index in [2.05, 4.69) is 6.92 Å². The maximum absolute atomic E-state index is 11.5. The van der Waals surface area contributed by atoms with Crippen molar-refractivity contribution in [2.75, 3.05) is 0 Å². The molecule has 0 N–H and O–H groups in total. The number of carbonyl (C=O) groups is 2. The summed E-state index contributed by atoms with van der Waals surface area (Å²) in [6, 6.07) is 0. The second kappa shape index (κ2) is 5.28. The van der Waals surface area contributed by atoms with Gasteiger partial charge in [-0.05, 0) is 25.7 Å². The zero-order valence-electron chi connectivity index (χ0n) is 9.21. The van der Waals surface area contributed by atoms with E-state index in [9.17, 15) is 9.59 Å². The van der Waals surface area contributed by atoms with Crippen molar-refractivity contribution >= 4 is 11.6 Å². The first-order valence-electron chi connectivity index (χ1n) is 5.67. The van der Waals surface area contributed by atoms with Gasteiger partial charge in [0.2, 0.25) is 0 Å². The SMILES string of the molecule is CCCC[C@@H]1CCC(=O)[C@H]1CC(C)=O. The van der Waals surface area contributed by atoms with Gasteiger partial charge in [-0.2, -0.15) is 0 Å². The molecule has 0 heterocycles. The molecule has 14 heavy (non-hydrogen) atoms. The molecule has 0 bridgehead atoms. The van der Waals surface area contributed by atoms with E-state index < -0.39 is 0 Å². The van der Waals surface area contributed by atoms with Crippen LogP contribution in [0.3, 0.4) is 0 Å². The van der Waals surface area contributed by atoms with Crippen LogP contribution in [0.4, 0.5) is 0 Å². The van der Waals surface area contributed by atoms with Crippen molar-refractivity contribution in [3.63, 3.8) is 0 Å². The van der Waals surface area contributed by atoms with Gasteiger partial charge in [0.05, 0.1) is 0 Å². The van der Waals surface area contributed by atoms with Crippen molar-refractivity contribution in [1.29, 1.82) is 0 Å². The van der Waals surface area contributed by atoms with Gasteiger partial charge in [-0.3, -0.25) is 4.79 Å². The predicted octanol–water partition coefficient (Wildman–Crippen LogP) is 2.75. The standard InChI is InChI=1S/C12H20O2/c1-3-4-5-10-6-7-12(14)11(10)8-9(2)13/h10-11H,3-8H2,1-2H3/t10-,11+/m1/s1. The third-order valence-corrected chi connectivity index (χ3v) is 3.18. The van der Waals surface area contributed by atoms with Crippen LogP contribution in [0.15, 0.2) is 0 Å². The number of carbonyl (C=O) groups excluding carboxylic acids is 2. The molecule has 1 saturated carbocycles. The molecule has 2 heteroatoms. The summed E-state index contributed by atoms with van der Waals surface area (Å²) in [5.41, 5.74) is 0. The molecule has 0 aromatic carbocycles. The molecular formula is C12H20O2. The first-order valence-corrected chi connectivity index (χ1v) is 5.67. The smallest absolute Gasteiger partial charge is 0.136 e. The normalized spacial score (nSPS) is 26.9. The molecule has 0 radical (unpaired) electrons. The highest BCUT2D eigenvalue weighted by Crippen LogP contribution is 2.34. The molecule has 0 aromatic heterocycles. The van der Waals surface area contributed by atoms with E-state index in [-0.39, 0.29) is 11.7 Å². The highest BCUT2D eigenvalue weighted by atomic mass is 16.1. The van der Waals surface area contributed by atoms with Crippen molar-refractivity contribution in [2.45, 2.75) is 52.4 Å². The van der Waals surface area contributed by atoms with E-state index in [4.69, 9.17) is 0 Å². The third kappa shape index (κ3) is 2.93. The molecular weight excluding hydrogens is 176 g/mol. The predicted molar refractivity (Wildman–Crippen MR) is 56.0 cm³/mol. The van der Waals surface area contributed by atoms with Crippen LogP contribution in [-0.4, -0.2) is 11.6 Å². The molecule has 0 saturated heterocycles. The Morgan fingerprint density at radius 3 is 2.79 bits per heavy atom. The summed E-state index contributed by atoms with van der Waals surface area (Å²) in [6.45, 7) is 3.75. The van der Waals surface area contributed by atoms with E-state index in [1.54, 1.807) is 6.92 Å². The van der Waals surface area contributed by atoms with Gasteiger partial charge in [0, 0.05) is 18.8 Å². The molecule has 0 aliphatic heterocycles. The van der Waals surface area contributed by atoms with Gasteiger partial charge in [-0.1, -0.05) is 19.8 Å². The Hall–Kier alpha value is -0.660. The molecule has 0 spiro atoms. The van der Waals surface area contributed by atoms with Crippen LogP contribution in [0, 0.1) is 11.8 Å². The average Bonchev–Trinajstić information content (AvgIpc) is 2.45. The Kier molecular flexibility index (Phi) is 4.30. The summed E-state index contributed by atoms with van der Waals surface area (Å²) in [4.78, 5) is 22.5. The van der Waals surface area contributed by atoms with Crippen molar-refractivity contribution in [3.8, 4) is 0 Å². The molecule has 1 aliphatic rings. The van der Waals surface area contributed by atoms with E-state index in [0.717, 1.165) is 12.8 Å². The fourth-order valence-corrected chi connectivity index (χ4v) is 2.38. The quantitative estimate of drug-likeness (QED) is 0.677. The Bertz CT molecular complexity index is 220. The Morgan fingerprint density at radius 1 is 1.50 bits per heavy atom. The number of rotatable bonds is 5.